The molecule has 0 saturated heterocycles. The smallest absolute Gasteiger partial charge is 0.0436 e. The maximum atomic E-state index is 8.67. The SMILES string of the molecule is CC(CCO)C1=CCCC1. The fourth-order valence-electron chi connectivity index (χ4n) is 1.52. The maximum Gasteiger partial charge on any atom is 0.0436 e. The molecule has 1 unspecified atom stereocenters. The second kappa shape index (κ2) is 3.77. The summed E-state index contributed by atoms with van der Waals surface area (Å²) in [6, 6.07) is 0. The molecule has 0 radical (unpaired) electrons. The fourth-order valence-corrected chi connectivity index (χ4v) is 1.52. The van der Waals surface area contributed by atoms with Crippen LogP contribution in [0.25, 0.3) is 0 Å². The Labute approximate surface area is 62.8 Å². The van der Waals surface area contributed by atoms with E-state index in [-0.39, 0.29) is 0 Å². The molecule has 0 aromatic carbocycles. The first kappa shape index (κ1) is 7.80. The van der Waals surface area contributed by atoms with Gasteiger partial charge in [-0.15, -0.1) is 0 Å². The summed E-state index contributed by atoms with van der Waals surface area (Å²) in [5.41, 5.74) is 1.56. The zero-order valence-corrected chi connectivity index (χ0v) is 6.64. The second-order valence-corrected chi connectivity index (χ2v) is 3.08. The summed E-state index contributed by atoms with van der Waals surface area (Å²) < 4.78 is 0. The van der Waals surface area contributed by atoms with Gasteiger partial charge in [-0.3, -0.25) is 0 Å². The average Bonchev–Trinajstić information content (AvgIpc) is 2.38. The molecule has 1 atom stereocenters. The van der Waals surface area contributed by atoms with E-state index >= 15 is 0 Å². The molecule has 10 heavy (non-hydrogen) atoms. The lowest BCUT2D eigenvalue weighted by atomic mass is 9.98. The van der Waals surface area contributed by atoms with E-state index in [9.17, 15) is 0 Å². The Kier molecular flexibility index (Phi) is 2.94. The van der Waals surface area contributed by atoms with Crippen molar-refractivity contribution in [3.63, 3.8) is 0 Å². The van der Waals surface area contributed by atoms with Crippen LogP contribution in [0.5, 0.6) is 0 Å². The number of hydrogen-bond acceptors (Lipinski definition) is 1. The molecular formula is C9H16O. The van der Waals surface area contributed by atoms with Gasteiger partial charge in [-0.2, -0.15) is 0 Å². The molecule has 1 aliphatic rings. The van der Waals surface area contributed by atoms with E-state index in [0.717, 1.165) is 6.42 Å². The van der Waals surface area contributed by atoms with Gasteiger partial charge in [-0.25, -0.2) is 0 Å². The van der Waals surface area contributed by atoms with E-state index in [1.54, 1.807) is 5.57 Å². The summed E-state index contributed by atoms with van der Waals surface area (Å²) >= 11 is 0. The van der Waals surface area contributed by atoms with Crippen molar-refractivity contribution in [3.05, 3.63) is 11.6 Å². The fraction of sp³-hybridized carbons (Fsp3) is 0.778. The molecule has 0 fully saturated rings. The molecule has 0 amide bonds. The lowest BCUT2D eigenvalue weighted by Gasteiger charge is -2.09. The van der Waals surface area contributed by atoms with Gasteiger partial charge in [0.05, 0.1) is 0 Å². The van der Waals surface area contributed by atoms with Gasteiger partial charge in [-0.1, -0.05) is 18.6 Å². The quantitative estimate of drug-likeness (QED) is 0.595. The normalized spacial score (nSPS) is 20.8. The van der Waals surface area contributed by atoms with Crippen molar-refractivity contribution in [2.75, 3.05) is 6.61 Å². The average molecular weight is 140 g/mol. The predicted molar refractivity (Wildman–Crippen MR) is 42.8 cm³/mol. The van der Waals surface area contributed by atoms with Crippen LogP contribution in [-0.2, 0) is 0 Å². The molecule has 1 aliphatic carbocycles. The third kappa shape index (κ3) is 1.84. The van der Waals surface area contributed by atoms with Crippen molar-refractivity contribution in [3.8, 4) is 0 Å². The molecule has 0 aromatic heterocycles. The Morgan fingerprint density at radius 1 is 1.70 bits per heavy atom. The van der Waals surface area contributed by atoms with Crippen LogP contribution >= 0.6 is 0 Å². The first-order valence-corrected chi connectivity index (χ1v) is 4.14. The van der Waals surface area contributed by atoms with Crippen molar-refractivity contribution in [2.45, 2.75) is 32.6 Å². The lowest BCUT2D eigenvalue weighted by molar-refractivity contribution is 0.270. The van der Waals surface area contributed by atoms with Crippen molar-refractivity contribution in [1.82, 2.24) is 0 Å². The summed E-state index contributed by atoms with van der Waals surface area (Å²) in [6.45, 7) is 2.53. The van der Waals surface area contributed by atoms with Crippen LogP contribution in [0.1, 0.15) is 32.6 Å². The van der Waals surface area contributed by atoms with Gasteiger partial charge in [-0.05, 0) is 31.6 Å². The van der Waals surface area contributed by atoms with Gasteiger partial charge in [0.15, 0.2) is 0 Å². The van der Waals surface area contributed by atoms with E-state index in [0.29, 0.717) is 12.5 Å². The molecule has 1 heteroatoms. The van der Waals surface area contributed by atoms with Crippen LogP contribution in [0, 0.1) is 5.92 Å². The summed E-state index contributed by atoms with van der Waals surface area (Å²) in [4.78, 5) is 0. The first-order valence-electron chi connectivity index (χ1n) is 4.14. The van der Waals surface area contributed by atoms with Crippen LogP contribution in [0.4, 0.5) is 0 Å². The minimum atomic E-state index is 0.332. The standard InChI is InChI=1S/C9H16O/c1-8(6-7-10)9-4-2-3-5-9/h4,8,10H,2-3,5-7H2,1H3. The minimum Gasteiger partial charge on any atom is -0.396 e. The Morgan fingerprint density at radius 3 is 3.00 bits per heavy atom. The molecule has 58 valence electrons. The third-order valence-electron chi connectivity index (χ3n) is 2.27. The van der Waals surface area contributed by atoms with Crippen LogP contribution in [0.2, 0.25) is 0 Å². The van der Waals surface area contributed by atoms with E-state index in [1.165, 1.54) is 19.3 Å². The van der Waals surface area contributed by atoms with Crippen molar-refractivity contribution in [2.24, 2.45) is 5.92 Å². The van der Waals surface area contributed by atoms with Gasteiger partial charge >= 0.3 is 0 Å². The van der Waals surface area contributed by atoms with Crippen LogP contribution < -0.4 is 0 Å². The number of hydrogen-bond donors (Lipinski definition) is 1. The summed E-state index contributed by atoms with van der Waals surface area (Å²) in [7, 11) is 0. The van der Waals surface area contributed by atoms with E-state index in [1.807, 2.05) is 0 Å². The number of aliphatic hydroxyl groups excluding tert-OH is 1. The van der Waals surface area contributed by atoms with Crippen LogP contribution in [0.3, 0.4) is 0 Å². The first-order chi connectivity index (χ1) is 4.84. The molecule has 1 N–H and O–H groups in total. The Morgan fingerprint density at radius 2 is 2.50 bits per heavy atom. The molecule has 1 rings (SSSR count). The van der Waals surface area contributed by atoms with Crippen molar-refractivity contribution in [1.29, 1.82) is 0 Å². The Bertz CT molecular complexity index is 127. The summed E-state index contributed by atoms with van der Waals surface area (Å²) in [5, 5.41) is 8.67. The van der Waals surface area contributed by atoms with Gasteiger partial charge in [0, 0.05) is 6.61 Å². The van der Waals surface area contributed by atoms with Gasteiger partial charge in [0.25, 0.3) is 0 Å². The highest BCUT2D eigenvalue weighted by Gasteiger charge is 2.10. The Hall–Kier alpha value is -0.300. The van der Waals surface area contributed by atoms with Crippen LogP contribution in [0.15, 0.2) is 11.6 Å². The third-order valence-corrected chi connectivity index (χ3v) is 2.27. The maximum absolute atomic E-state index is 8.67. The number of allylic oxidation sites excluding steroid dienone is 2. The number of aliphatic hydroxyl groups is 1. The molecular weight excluding hydrogens is 124 g/mol. The zero-order chi connectivity index (χ0) is 7.40. The second-order valence-electron chi connectivity index (χ2n) is 3.08. The van der Waals surface area contributed by atoms with Gasteiger partial charge in [0.2, 0.25) is 0 Å². The largest absolute Gasteiger partial charge is 0.396 e. The van der Waals surface area contributed by atoms with Gasteiger partial charge < -0.3 is 5.11 Å². The van der Waals surface area contributed by atoms with Crippen molar-refractivity contribution >= 4 is 0 Å². The topological polar surface area (TPSA) is 20.2 Å². The highest BCUT2D eigenvalue weighted by atomic mass is 16.3. The lowest BCUT2D eigenvalue weighted by Crippen LogP contribution is -1.99. The monoisotopic (exact) mass is 140 g/mol. The molecule has 0 aromatic rings. The van der Waals surface area contributed by atoms with Crippen LogP contribution in [-0.4, -0.2) is 11.7 Å². The van der Waals surface area contributed by atoms with E-state index in [2.05, 4.69) is 13.0 Å². The Balaban J connectivity index is 2.32. The van der Waals surface area contributed by atoms with E-state index in [4.69, 9.17) is 5.11 Å². The molecule has 0 bridgehead atoms. The zero-order valence-electron chi connectivity index (χ0n) is 6.64. The summed E-state index contributed by atoms with van der Waals surface area (Å²) in [5.74, 6) is 0.618. The molecule has 0 heterocycles. The highest BCUT2D eigenvalue weighted by Crippen LogP contribution is 2.26. The number of rotatable bonds is 3. The summed E-state index contributed by atoms with van der Waals surface area (Å²) in [6.07, 6.45) is 7.11. The van der Waals surface area contributed by atoms with Crippen molar-refractivity contribution < 1.29 is 5.11 Å². The molecule has 1 nitrogen and oxygen atoms in total. The predicted octanol–water partition coefficient (Wildman–Crippen LogP) is 2.12. The highest BCUT2D eigenvalue weighted by molar-refractivity contribution is 5.10. The molecule has 0 spiro atoms. The molecule has 0 saturated carbocycles. The molecule has 0 aliphatic heterocycles. The minimum absolute atomic E-state index is 0.332. The van der Waals surface area contributed by atoms with Gasteiger partial charge in [0.1, 0.15) is 0 Å². The van der Waals surface area contributed by atoms with E-state index < -0.39 is 0 Å².